The van der Waals surface area contributed by atoms with Crippen LogP contribution in [0.3, 0.4) is 0 Å². The highest BCUT2D eigenvalue weighted by molar-refractivity contribution is 7.99. The molecule has 3 heterocycles. The number of aliphatic carboxylic acids is 1. The van der Waals surface area contributed by atoms with Crippen LogP contribution in [-0.4, -0.2) is 261 Å². The van der Waals surface area contributed by atoms with Crippen molar-refractivity contribution >= 4 is 124 Å². The van der Waals surface area contributed by atoms with Gasteiger partial charge in [0.05, 0.1) is 47.6 Å². The van der Waals surface area contributed by atoms with Gasteiger partial charge in [-0.2, -0.15) is 9.78 Å². The van der Waals surface area contributed by atoms with Gasteiger partial charge in [-0.15, -0.1) is 0 Å². The number of nitrogens with two attached hydrogens (primary N) is 5. The van der Waals surface area contributed by atoms with Crippen molar-refractivity contribution in [2.24, 2.45) is 34.6 Å². The molecule has 670 valence electrons. The van der Waals surface area contributed by atoms with Crippen molar-refractivity contribution in [3.8, 4) is 0 Å². The van der Waals surface area contributed by atoms with Gasteiger partial charge in [0.25, 0.3) is 5.91 Å². The lowest BCUT2D eigenvalue weighted by Crippen LogP contribution is -2.61. The Labute approximate surface area is 716 Å². The minimum Gasteiger partial charge on any atom is -0.480 e. The second kappa shape index (κ2) is 49.9. The number of nitrogens with one attached hydrogen (secondary N) is 12. The molecule has 1 aliphatic heterocycles. The summed E-state index contributed by atoms with van der Waals surface area (Å²) in [6, 6.07) is 9.56. The Morgan fingerprint density at radius 2 is 1.29 bits per heavy atom. The van der Waals surface area contributed by atoms with E-state index in [4.69, 9.17) is 38.5 Å². The van der Waals surface area contributed by atoms with E-state index in [1.165, 1.54) is 44.5 Å². The third-order valence-electron chi connectivity index (χ3n) is 19.4. The number of aromatic nitrogens is 3. The van der Waals surface area contributed by atoms with E-state index in [-0.39, 0.29) is 109 Å². The summed E-state index contributed by atoms with van der Waals surface area (Å²) in [5, 5.41) is 67.3. The van der Waals surface area contributed by atoms with Gasteiger partial charge < -0.3 is 117 Å². The minimum absolute atomic E-state index is 0.00914. The fourth-order valence-electron chi connectivity index (χ4n) is 12.9. The number of amides is 13. The lowest BCUT2D eigenvalue weighted by atomic mass is 10.00. The van der Waals surface area contributed by atoms with Crippen LogP contribution in [0.2, 0.25) is 0 Å². The Morgan fingerprint density at radius 1 is 0.675 bits per heavy atom. The highest BCUT2D eigenvalue weighted by Gasteiger charge is 2.39. The molecule has 0 aliphatic carbocycles. The summed E-state index contributed by atoms with van der Waals surface area (Å²) in [6.45, 7) is 6.75. The monoisotopic (exact) mass is 1730 g/mol. The fourth-order valence-corrected chi connectivity index (χ4v) is 13.9. The van der Waals surface area contributed by atoms with Crippen LogP contribution in [0.5, 0.6) is 0 Å². The molecule has 40 nitrogen and oxygen atoms in total. The summed E-state index contributed by atoms with van der Waals surface area (Å²) in [5.41, 5.74) is 30.0. The second-order valence-corrected chi connectivity index (χ2v) is 31.6. The molecular weight excluding hydrogens is 1620 g/mol. The lowest BCUT2D eigenvalue weighted by molar-refractivity contribution is -0.158. The van der Waals surface area contributed by atoms with Gasteiger partial charge >= 0.3 is 18.0 Å². The first-order chi connectivity index (χ1) is 58.5. The number of carboxylic acid groups (broad SMARTS) is 1. The SMILES string of the molecule is CNC(=O)c1ccccc1Sc1ccc2c(/C=C/c3ccccn3)nn(C(=O)N(CCNC(=O)CC[C@H](N)C(=O)O)CC(C)(C)OC(=O)CCC(=O)N[C@H](C(=O)N[C@@H](CCN)C(=O)N[C@H]3CCNC(=O)[C@H]([C@@H](C)O)NC(=O)[C@H](CCCN)NC(=O)[C@H](CCN)NC(=O)[C@H](CC(C)C)NC(=O)[C@@H](Cc4ccccc4)NC(=O)[C@H](CCN)NC3=O)[C@@H](C)O)c2c1. The number of benzene rings is 3. The zero-order valence-corrected chi connectivity index (χ0v) is 70.8. The second-order valence-electron chi connectivity index (χ2n) is 30.5. The first-order valence-corrected chi connectivity index (χ1v) is 41.4. The zero-order valence-electron chi connectivity index (χ0n) is 70.0. The van der Waals surface area contributed by atoms with Gasteiger partial charge in [-0.3, -0.25) is 72.1 Å². The molecule has 2 aromatic heterocycles. The molecule has 123 heavy (non-hydrogen) atoms. The normalized spacial score (nSPS) is 19.2. The van der Waals surface area contributed by atoms with Crippen molar-refractivity contribution in [2.45, 2.75) is 207 Å². The van der Waals surface area contributed by atoms with E-state index in [1.54, 1.807) is 123 Å². The summed E-state index contributed by atoms with van der Waals surface area (Å²) in [5.74, 6) is -13.4. The molecular formula is C82H117N21O19S. The smallest absolute Gasteiger partial charge is 0.345 e. The topological polar surface area (TPSA) is 634 Å². The van der Waals surface area contributed by atoms with Crippen LogP contribution in [0.1, 0.15) is 139 Å². The van der Waals surface area contributed by atoms with Crippen LogP contribution in [0.25, 0.3) is 23.1 Å². The van der Waals surface area contributed by atoms with Gasteiger partial charge in [-0.1, -0.05) is 74.1 Å². The largest absolute Gasteiger partial charge is 0.480 e. The molecule has 25 N–H and O–H groups in total. The van der Waals surface area contributed by atoms with E-state index in [9.17, 15) is 82.4 Å². The maximum absolute atomic E-state index is 15.2. The summed E-state index contributed by atoms with van der Waals surface area (Å²) < 4.78 is 7.05. The van der Waals surface area contributed by atoms with Crippen LogP contribution >= 0.6 is 11.8 Å². The number of rotatable bonds is 38. The highest BCUT2D eigenvalue weighted by atomic mass is 32.2. The first-order valence-electron chi connectivity index (χ1n) is 40.6. The highest BCUT2D eigenvalue weighted by Crippen LogP contribution is 2.34. The quantitative estimate of drug-likeness (QED) is 0.0182. The first kappa shape index (κ1) is 100.0. The number of aliphatic hydroxyl groups is 2. The van der Waals surface area contributed by atoms with Crippen molar-refractivity contribution in [3.05, 3.63) is 120 Å². The molecule has 0 unspecified atom stereocenters. The number of hydrogen-bond acceptors (Lipinski definition) is 26. The predicted octanol–water partition coefficient (Wildman–Crippen LogP) is -2.49. The Morgan fingerprint density at radius 3 is 1.91 bits per heavy atom. The number of carbonyl (C=O) groups excluding carboxylic acids is 14. The number of esters is 1. The molecule has 5 aromatic rings. The average molecular weight is 1730 g/mol. The lowest BCUT2D eigenvalue weighted by Gasteiger charge is -2.32. The Balaban J connectivity index is 1.24. The molecule has 13 amide bonds. The minimum atomic E-state index is -1.85. The van der Waals surface area contributed by atoms with Crippen molar-refractivity contribution in [3.63, 3.8) is 0 Å². The molecule has 1 saturated heterocycles. The van der Waals surface area contributed by atoms with Crippen molar-refractivity contribution in [1.82, 2.24) is 83.5 Å². The molecule has 41 heteroatoms. The van der Waals surface area contributed by atoms with Crippen molar-refractivity contribution in [1.29, 1.82) is 0 Å². The number of nitrogens with zero attached hydrogens (tertiary/aromatic N) is 4. The molecule has 0 saturated carbocycles. The van der Waals surface area contributed by atoms with Gasteiger partial charge in [0.1, 0.15) is 66.0 Å². The maximum atomic E-state index is 15.2. The number of carbonyl (C=O) groups is 15. The van der Waals surface area contributed by atoms with Gasteiger partial charge in [0.15, 0.2) is 0 Å². The van der Waals surface area contributed by atoms with Crippen LogP contribution in [-0.2, 0) is 73.5 Å². The summed E-state index contributed by atoms with van der Waals surface area (Å²) >= 11 is 1.25. The number of ether oxygens (including phenoxy) is 1. The van der Waals surface area contributed by atoms with Crippen LogP contribution < -0.4 is 92.5 Å². The van der Waals surface area contributed by atoms with E-state index >= 15 is 4.79 Å². The van der Waals surface area contributed by atoms with E-state index in [0.717, 1.165) is 11.6 Å². The van der Waals surface area contributed by atoms with Crippen molar-refractivity contribution in [2.75, 3.05) is 59.4 Å². The third-order valence-corrected chi connectivity index (χ3v) is 20.5. The van der Waals surface area contributed by atoms with Gasteiger partial charge in [-0.25, -0.2) is 4.79 Å². The fraction of sp³-hybridized carbons (Fsp3) is 0.500. The van der Waals surface area contributed by atoms with E-state index < -0.39 is 194 Å². The number of aliphatic hydroxyl groups excluding tert-OH is 2. The third kappa shape index (κ3) is 32.2. The molecule has 0 spiro atoms. The van der Waals surface area contributed by atoms with Gasteiger partial charge in [-0.05, 0) is 171 Å². The Kier molecular flexibility index (Phi) is 40.6. The van der Waals surface area contributed by atoms with E-state index in [1.807, 2.05) is 0 Å². The van der Waals surface area contributed by atoms with E-state index in [0.29, 0.717) is 43.2 Å². The average Bonchev–Trinajstić information content (AvgIpc) is 1.63. The van der Waals surface area contributed by atoms with Crippen LogP contribution in [0.4, 0.5) is 4.79 Å². The van der Waals surface area contributed by atoms with Crippen molar-refractivity contribution < 1.29 is 92.0 Å². The van der Waals surface area contributed by atoms with Gasteiger partial charge in [0, 0.05) is 67.3 Å². The standard InChI is InChI=1S/C82H117N21O19S/c1-46(2)42-61-76(115)94-57(30-35-84)71(110)92-56(20-15-34-83)75(114)100-68(47(3)104)78(117)91-39-33-60(74(113)93-58(31-36-85)73(112)98-62(77(116)97-61)43-49-16-9-8-10-17-49)95-72(111)59(32-37-86)96-79(118)69(48(4)105)99-66(107)28-29-67(108)122-82(5,6)45-102(41-40-90-65(106)27-25-54(87)80(119)120)81(121)103-63-44-51(123-64-21-12-11-19-53(64)70(109)88-7)23-24-52(63)55(101-103)26-22-50-18-13-14-38-89-50/h8-14,16-19,21-24,26,38,44,46-48,54,56-62,68-69,104-105H,15,20,25,27-37,39-43,45,83-87H2,1-7H3,(H,88,109)(H,90,106)(H,91,117)(H,92,110)(H,93,113)(H,94,115)(H,95,111)(H,96,118)(H,97,116)(H,98,112)(H,99,107)(H,100,114)(H,119,120)/b26-22+/t47-,48-,54+,56+,57+,58+,59+,60+,61+,62-,68+,69+/m1/s1. The summed E-state index contributed by atoms with van der Waals surface area (Å²) in [4.78, 5) is 217. The molecule has 0 bridgehead atoms. The number of fused-ring (bicyclic) bond motifs is 1. The Hall–Kier alpha value is -11.9. The maximum Gasteiger partial charge on any atom is 0.345 e. The summed E-state index contributed by atoms with van der Waals surface area (Å²) in [6.07, 6.45) is -1.64. The number of pyridine rings is 1. The number of carboxylic acids is 1. The zero-order chi connectivity index (χ0) is 90.6. The number of hydrogen-bond donors (Lipinski definition) is 20. The van der Waals surface area contributed by atoms with Gasteiger partial charge in [0.2, 0.25) is 65.0 Å². The predicted molar refractivity (Wildman–Crippen MR) is 454 cm³/mol. The Bertz CT molecular complexity index is 4500. The molecule has 1 fully saturated rings. The molecule has 1 aliphatic rings. The van der Waals surface area contributed by atoms with Crippen LogP contribution in [0, 0.1) is 5.92 Å². The molecule has 12 atom stereocenters. The van der Waals surface area contributed by atoms with Crippen LogP contribution in [0.15, 0.2) is 107 Å². The molecule has 6 rings (SSSR count). The van der Waals surface area contributed by atoms with E-state index in [2.05, 4.69) is 68.8 Å². The summed E-state index contributed by atoms with van der Waals surface area (Å²) in [7, 11) is 1.50. The molecule has 0 radical (unpaired) electrons. The molecule has 3 aromatic carbocycles.